The molecule has 4 heteroatoms. The second-order valence-electron chi connectivity index (χ2n) is 3.76. The number of hydrogen-bond acceptors (Lipinski definition) is 3. The molecule has 1 heterocycles. The van der Waals surface area contributed by atoms with E-state index in [4.69, 9.17) is 5.73 Å². The van der Waals surface area contributed by atoms with Crippen LogP contribution in [-0.2, 0) is 11.2 Å². The average molecular weight is 310 g/mol. The predicted octanol–water partition coefficient (Wildman–Crippen LogP) is 3.32. The van der Waals surface area contributed by atoms with Crippen molar-refractivity contribution in [2.24, 2.45) is 5.73 Å². The Bertz CT molecular complexity index is 509. The van der Waals surface area contributed by atoms with Gasteiger partial charge in [0.2, 0.25) is 0 Å². The van der Waals surface area contributed by atoms with E-state index in [1.54, 1.807) is 11.3 Å². The van der Waals surface area contributed by atoms with Gasteiger partial charge >= 0.3 is 0 Å². The van der Waals surface area contributed by atoms with Gasteiger partial charge in [-0.25, -0.2) is 0 Å². The van der Waals surface area contributed by atoms with Crippen LogP contribution in [0.15, 0.2) is 46.3 Å². The molecule has 1 aromatic heterocycles. The van der Waals surface area contributed by atoms with Crippen LogP contribution in [0.5, 0.6) is 0 Å². The Hall–Kier alpha value is -0.970. The first-order valence-electron chi connectivity index (χ1n) is 5.23. The fourth-order valence-corrected chi connectivity index (χ4v) is 3.04. The summed E-state index contributed by atoms with van der Waals surface area (Å²) in [4.78, 5) is 13.0. The molecule has 0 aliphatic heterocycles. The highest BCUT2D eigenvalue weighted by Crippen LogP contribution is 2.22. The number of Topliss-reactive ketones (excluding diaryl/α,β-unsaturated/α-hetero) is 1. The van der Waals surface area contributed by atoms with E-state index in [1.165, 1.54) is 0 Å². The Kier molecular flexibility index (Phi) is 4.10. The summed E-state index contributed by atoms with van der Waals surface area (Å²) in [6, 6.07) is 10.9. The minimum absolute atomic E-state index is 0.0468. The molecule has 0 amide bonds. The molecule has 0 aliphatic carbocycles. The highest BCUT2D eigenvalue weighted by molar-refractivity contribution is 9.10. The molecular weight excluding hydrogens is 298 g/mol. The number of hydrogen-bond donors (Lipinski definition) is 1. The largest absolute Gasteiger partial charge is 0.318 e. The first-order valence-corrected chi connectivity index (χ1v) is 6.90. The van der Waals surface area contributed by atoms with Crippen molar-refractivity contribution in [3.63, 3.8) is 0 Å². The Balaban J connectivity index is 2.06. The summed E-state index contributed by atoms with van der Waals surface area (Å²) in [6.45, 7) is 0. The number of nitrogens with two attached hydrogens (primary N) is 1. The van der Waals surface area contributed by atoms with Gasteiger partial charge in [-0.3, -0.25) is 4.79 Å². The topological polar surface area (TPSA) is 43.1 Å². The molecule has 0 unspecified atom stereocenters. The zero-order valence-corrected chi connectivity index (χ0v) is 11.5. The molecule has 2 aromatic rings. The molecule has 1 aromatic carbocycles. The summed E-state index contributed by atoms with van der Waals surface area (Å²) in [5, 5.41) is 1.97. The molecule has 2 N–H and O–H groups in total. The standard InChI is InChI=1S/C13H12BrNOS/c14-10-6-11(17-8-10)7-12(16)13(15)9-4-2-1-3-5-9/h1-6,8,13H,7,15H2/t13-/m1/s1. The first kappa shape index (κ1) is 12.5. The fourth-order valence-electron chi connectivity index (χ4n) is 1.57. The quantitative estimate of drug-likeness (QED) is 0.941. The molecule has 17 heavy (non-hydrogen) atoms. The van der Waals surface area contributed by atoms with Crippen LogP contribution in [0.1, 0.15) is 16.5 Å². The van der Waals surface area contributed by atoms with E-state index in [-0.39, 0.29) is 5.78 Å². The molecule has 2 rings (SSSR count). The van der Waals surface area contributed by atoms with E-state index in [2.05, 4.69) is 15.9 Å². The van der Waals surface area contributed by atoms with Crippen molar-refractivity contribution in [3.8, 4) is 0 Å². The first-order chi connectivity index (χ1) is 8.16. The number of rotatable bonds is 4. The third kappa shape index (κ3) is 3.25. The molecule has 0 saturated carbocycles. The average Bonchev–Trinajstić information content (AvgIpc) is 2.75. The highest BCUT2D eigenvalue weighted by atomic mass is 79.9. The maximum absolute atomic E-state index is 12.0. The van der Waals surface area contributed by atoms with E-state index in [9.17, 15) is 4.79 Å². The summed E-state index contributed by atoms with van der Waals surface area (Å²) < 4.78 is 1.01. The normalized spacial score (nSPS) is 12.4. The van der Waals surface area contributed by atoms with Crippen LogP contribution in [-0.4, -0.2) is 5.78 Å². The lowest BCUT2D eigenvalue weighted by Crippen LogP contribution is -2.22. The monoisotopic (exact) mass is 309 g/mol. The van der Waals surface area contributed by atoms with Crippen LogP contribution in [0.25, 0.3) is 0 Å². The van der Waals surface area contributed by atoms with E-state index >= 15 is 0 Å². The molecule has 0 spiro atoms. The smallest absolute Gasteiger partial charge is 0.159 e. The molecular formula is C13H12BrNOS. The summed E-state index contributed by atoms with van der Waals surface area (Å²) in [7, 11) is 0. The van der Waals surface area contributed by atoms with Crippen LogP contribution in [0, 0.1) is 0 Å². The van der Waals surface area contributed by atoms with Gasteiger partial charge in [-0.2, -0.15) is 0 Å². The van der Waals surface area contributed by atoms with E-state index < -0.39 is 6.04 Å². The molecule has 88 valence electrons. The second kappa shape index (κ2) is 5.58. The lowest BCUT2D eigenvalue weighted by molar-refractivity contribution is -0.119. The van der Waals surface area contributed by atoms with Crippen LogP contribution in [0.4, 0.5) is 0 Å². The SMILES string of the molecule is N[C@@H](C(=O)Cc1cc(Br)cs1)c1ccccc1. The van der Waals surface area contributed by atoms with E-state index in [0.717, 1.165) is 14.9 Å². The van der Waals surface area contributed by atoms with Gasteiger partial charge in [0.1, 0.15) is 0 Å². The van der Waals surface area contributed by atoms with Crippen molar-refractivity contribution in [2.45, 2.75) is 12.5 Å². The minimum atomic E-state index is -0.530. The summed E-state index contributed by atoms with van der Waals surface area (Å²) in [5.74, 6) is 0.0468. The third-order valence-corrected chi connectivity index (χ3v) is 4.17. The molecule has 2 nitrogen and oxygen atoms in total. The summed E-state index contributed by atoms with van der Waals surface area (Å²) in [6.07, 6.45) is 0.395. The third-order valence-electron chi connectivity index (χ3n) is 2.48. The van der Waals surface area contributed by atoms with Crippen LogP contribution < -0.4 is 5.73 Å². The molecule has 1 atom stereocenters. The number of carbonyl (C=O) groups excluding carboxylic acids is 1. The van der Waals surface area contributed by atoms with Gasteiger partial charge in [0.25, 0.3) is 0 Å². The van der Waals surface area contributed by atoms with Crippen LogP contribution >= 0.6 is 27.3 Å². The van der Waals surface area contributed by atoms with Gasteiger partial charge in [0.05, 0.1) is 6.04 Å². The van der Waals surface area contributed by atoms with Crippen LogP contribution in [0.3, 0.4) is 0 Å². The lowest BCUT2D eigenvalue weighted by atomic mass is 10.0. The zero-order chi connectivity index (χ0) is 12.3. The summed E-state index contributed by atoms with van der Waals surface area (Å²) >= 11 is 4.94. The highest BCUT2D eigenvalue weighted by Gasteiger charge is 2.16. The Labute approximate surface area is 113 Å². The maximum atomic E-state index is 12.0. The Morgan fingerprint density at radius 2 is 2.06 bits per heavy atom. The van der Waals surface area contributed by atoms with Crippen LogP contribution in [0.2, 0.25) is 0 Å². The van der Waals surface area contributed by atoms with Crippen molar-refractivity contribution in [1.29, 1.82) is 0 Å². The summed E-state index contributed by atoms with van der Waals surface area (Å²) in [5.41, 5.74) is 6.81. The predicted molar refractivity (Wildman–Crippen MR) is 74.1 cm³/mol. The lowest BCUT2D eigenvalue weighted by Gasteiger charge is -2.09. The molecule has 0 bridgehead atoms. The molecule has 0 aliphatic rings. The fraction of sp³-hybridized carbons (Fsp3) is 0.154. The van der Waals surface area contributed by atoms with Gasteiger partial charge in [-0.1, -0.05) is 30.3 Å². The molecule has 0 fully saturated rings. The number of ketones is 1. The number of thiophene rings is 1. The number of halogens is 1. The zero-order valence-electron chi connectivity index (χ0n) is 9.10. The Morgan fingerprint density at radius 1 is 1.35 bits per heavy atom. The van der Waals surface area contributed by atoms with Crippen molar-refractivity contribution >= 4 is 33.0 Å². The van der Waals surface area contributed by atoms with E-state index in [1.807, 2.05) is 41.8 Å². The van der Waals surface area contributed by atoms with Crippen molar-refractivity contribution < 1.29 is 4.79 Å². The van der Waals surface area contributed by atoms with Gasteiger partial charge in [0.15, 0.2) is 5.78 Å². The molecule has 0 radical (unpaired) electrons. The van der Waals surface area contributed by atoms with Gasteiger partial charge < -0.3 is 5.73 Å². The van der Waals surface area contributed by atoms with Crippen molar-refractivity contribution in [3.05, 3.63) is 56.7 Å². The minimum Gasteiger partial charge on any atom is -0.318 e. The Morgan fingerprint density at radius 3 is 2.65 bits per heavy atom. The van der Waals surface area contributed by atoms with E-state index in [0.29, 0.717) is 6.42 Å². The maximum Gasteiger partial charge on any atom is 0.159 e. The number of benzene rings is 1. The van der Waals surface area contributed by atoms with Gasteiger partial charge in [0, 0.05) is 21.2 Å². The van der Waals surface area contributed by atoms with Crippen molar-refractivity contribution in [1.82, 2.24) is 0 Å². The molecule has 0 saturated heterocycles. The van der Waals surface area contributed by atoms with Gasteiger partial charge in [-0.05, 0) is 27.6 Å². The number of carbonyl (C=O) groups is 1. The van der Waals surface area contributed by atoms with Crippen molar-refractivity contribution in [2.75, 3.05) is 0 Å². The van der Waals surface area contributed by atoms with Gasteiger partial charge in [-0.15, -0.1) is 11.3 Å². The second-order valence-corrected chi connectivity index (χ2v) is 5.67.